The fraction of sp³-hybridized carbons (Fsp3) is 0.100. The molecule has 0 bridgehead atoms. The Morgan fingerprint density at radius 2 is 1.61 bits per heavy atom. The zero-order valence-electron chi connectivity index (χ0n) is 13.1. The summed E-state index contributed by atoms with van der Waals surface area (Å²) in [6, 6.07) is 18.9. The van der Waals surface area contributed by atoms with Gasteiger partial charge in [0.05, 0.1) is 5.69 Å². The second-order valence-electron chi connectivity index (χ2n) is 5.57. The van der Waals surface area contributed by atoms with Crippen LogP contribution in [0, 0.1) is 6.92 Å². The summed E-state index contributed by atoms with van der Waals surface area (Å²) in [7, 11) is 0. The van der Waals surface area contributed by atoms with Crippen LogP contribution in [0.2, 0.25) is 0 Å². The molecule has 3 nitrogen and oxygen atoms in total. The molecule has 114 valence electrons. The molecule has 0 atom stereocenters. The third-order valence-corrected chi connectivity index (χ3v) is 3.81. The number of rotatable bonds is 3. The van der Waals surface area contributed by atoms with Crippen molar-refractivity contribution < 1.29 is 9.59 Å². The highest BCUT2D eigenvalue weighted by Gasteiger charge is 2.15. The average Bonchev–Trinajstić information content (AvgIpc) is 2.54. The smallest absolute Gasteiger partial charge is 0.221 e. The Labute approximate surface area is 135 Å². The van der Waals surface area contributed by atoms with Crippen molar-refractivity contribution in [2.75, 3.05) is 5.32 Å². The lowest BCUT2D eigenvalue weighted by Crippen LogP contribution is -2.11. The van der Waals surface area contributed by atoms with Crippen LogP contribution in [0.4, 0.5) is 5.69 Å². The van der Waals surface area contributed by atoms with Crippen LogP contribution in [0.15, 0.2) is 60.7 Å². The van der Waals surface area contributed by atoms with Crippen molar-refractivity contribution in [1.82, 2.24) is 0 Å². The number of hydrogen-bond donors (Lipinski definition) is 1. The maximum absolute atomic E-state index is 12.9. The van der Waals surface area contributed by atoms with Gasteiger partial charge in [-0.05, 0) is 47.5 Å². The highest BCUT2D eigenvalue weighted by atomic mass is 16.1. The lowest BCUT2D eigenvalue weighted by atomic mass is 9.96. The molecular formula is C20H17NO2. The lowest BCUT2D eigenvalue weighted by Gasteiger charge is -2.11. The molecule has 1 N–H and O–H groups in total. The fourth-order valence-electron chi connectivity index (χ4n) is 2.77. The summed E-state index contributed by atoms with van der Waals surface area (Å²) >= 11 is 0. The zero-order valence-corrected chi connectivity index (χ0v) is 13.1. The quantitative estimate of drug-likeness (QED) is 0.732. The van der Waals surface area contributed by atoms with E-state index >= 15 is 0 Å². The van der Waals surface area contributed by atoms with Gasteiger partial charge in [-0.2, -0.15) is 0 Å². The Morgan fingerprint density at radius 3 is 2.39 bits per heavy atom. The maximum atomic E-state index is 12.9. The molecular weight excluding hydrogens is 286 g/mol. The van der Waals surface area contributed by atoms with E-state index in [9.17, 15) is 9.59 Å². The predicted molar refractivity (Wildman–Crippen MR) is 92.9 cm³/mol. The zero-order chi connectivity index (χ0) is 16.4. The van der Waals surface area contributed by atoms with Crippen LogP contribution in [0.5, 0.6) is 0 Å². The number of para-hydroxylation sites is 1. The molecule has 0 aliphatic carbocycles. The first kappa shape index (κ1) is 15.0. The van der Waals surface area contributed by atoms with E-state index in [1.807, 2.05) is 43.3 Å². The highest BCUT2D eigenvalue weighted by molar-refractivity contribution is 6.15. The summed E-state index contributed by atoms with van der Waals surface area (Å²) < 4.78 is 0. The van der Waals surface area contributed by atoms with E-state index in [1.165, 1.54) is 6.92 Å². The Hall–Kier alpha value is -2.94. The number of anilines is 1. The van der Waals surface area contributed by atoms with Crippen LogP contribution in [0.25, 0.3) is 10.8 Å². The molecule has 0 saturated heterocycles. The van der Waals surface area contributed by atoms with E-state index in [-0.39, 0.29) is 11.7 Å². The second kappa shape index (κ2) is 6.05. The normalized spacial score (nSPS) is 10.5. The van der Waals surface area contributed by atoms with Gasteiger partial charge in [0, 0.05) is 18.1 Å². The van der Waals surface area contributed by atoms with Crippen molar-refractivity contribution in [3.8, 4) is 0 Å². The highest BCUT2D eigenvalue weighted by Crippen LogP contribution is 2.24. The van der Waals surface area contributed by atoms with Gasteiger partial charge < -0.3 is 5.32 Å². The number of nitrogens with one attached hydrogen (secondary N) is 1. The van der Waals surface area contributed by atoms with Gasteiger partial charge in [0.25, 0.3) is 0 Å². The van der Waals surface area contributed by atoms with Gasteiger partial charge in [0.1, 0.15) is 0 Å². The molecule has 0 heterocycles. The van der Waals surface area contributed by atoms with Gasteiger partial charge in [-0.25, -0.2) is 0 Å². The van der Waals surface area contributed by atoms with E-state index < -0.39 is 0 Å². The fourth-order valence-corrected chi connectivity index (χ4v) is 2.77. The van der Waals surface area contributed by atoms with Crippen molar-refractivity contribution in [3.05, 3.63) is 77.4 Å². The predicted octanol–water partition coefficient (Wildman–Crippen LogP) is 4.34. The summed E-state index contributed by atoms with van der Waals surface area (Å²) in [5.41, 5.74) is 2.72. The van der Waals surface area contributed by atoms with Crippen LogP contribution in [0.1, 0.15) is 28.4 Å². The molecule has 0 saturated carbocycles. The summed E-state index contributed by atoms with van der Waals surface area (Å²) in [4.78, 5) is 24.2. The van der Waals surface area contributed by atoms with Crippen LogP contribution in [-0.2, 0) is 4.79 Å². The van der Waals surface area contributed by atoms with Gasteiger partial charge in [-0.3, -0.25) is 9.59 Å². The number of aryl methyl sites for hydroxylation is 1. The lowest BCUT2D eigenvalue weighted by molar-refractivity contribution is -0.114. The molecule has 0 aliphatic heterocycles. The van der Waals surface area contributed by atoms with E-state index in [1.54, 1.807) is 24.3 Å². The molecule has 0 fully saturated rings. The van der Waals surface area contributed by atoms with Gasteiger partial charge in [-0.1, -0.05) is 36.4 Å². The molecule has 0 radical (unpaired) electrons. The molecule has 3 aromatic carbocycles. The van der Waals surface area contributed by atoms with Crippen LogP contribution in [-0.4, -0.2) is 11.7 Å². The van der Waals surface area contributed by atoms with Crippen molar-refractivity contribution in [2.24, 2.45) is 0 Å². The number of amides is 1. The summed E-state index contributed by atoms with van der Waals surface area (Å²) in [5, 5.41) is 4.89. The SMILES string of the molecule is CC(=O)Nc1ccccc1C(=O)c1cc(C)c2ccccc2c1. The van der Waals surface area contributed by atoms with Gasteiger partial charge >= 0.3 is 0 Å². The topological polar surface area (TPSA) is 46.2 Å². The van der Waals surface area contributed by atoms with Gasteiger partial charge in [-0.15, -0.1) is 0 Å². The number of ketones is 1. The second-order valence-corrected chi connectivity index (χ2v) is 5.57. The Morgan fingerprint density at radius 1 is 0.913 bits per heavy atom. The number of carbonyl (C=O) groups is 2. The summed E-state index contributed by atoms with van der Waals surface area (Å²) in [6.07, 6.45) is 0. The van der Waals surface area contributed by atoms with E-state index in [0.717, 1.165) is 16.3 Å². The van der Waals surface area contributed by atoms with Crippen LogP contribution >= 0.6 is 0 Å². The number of benzene rings is 3. The molecule has 3 heteroatoms. The number of carbonyl (C=O) groups excluding carboxylic acids is 2. The number of fused-ring (bicyclic) bond motifs is 1. The first-order valence-electron chi connectivity index (χ1n) is 7.47. The van der Waals surface area contributed by atoms with Crippen molar-refractivity contribution >= 4 is 28.2 Å². The largest absolute Gasteiger partial charge is 0.326 e. The molecule has 3 rings (SSSR count). The van der Waals surface area contributed by atoms with E-state index in [2.05, 4.69) is 5.32 Å². The Kier molecular flexibility index (Phi) is 3.94. The molecule has 0 aliphatic rings. The Bertz CT molecular complexity index is 912. The molecule has 0 spiro atoms. The first-order chi connectivity index (χ1) is 11.1. The van der Waals surface area contributed by atoms with Crippen molar-refractivity contribution in [2.45, 2.75) is 13.8 Å². The minimum atomic E-state index is -0.194. The van der Waals surface area contributed by atoms with Crippen molar-refractivity contribution in [1.29, 1.82) is 0 Å². The molecule has 1 amide bonds. The maximum Gasteiger partial charge on any atom is 0.221 e. The monoisotopic (exact) mass is 303 g/mol. The standard InChI is InChI=1S/C20H17NO2/c1-13-11-16(12-15-7-3-4-8-17(13)15)20(23)18-9-5-6-10-19(18)21-14(2)22/h3-12H,1-2H3,(H,21,22). The van der Waals surface area contributed by atoms with E-state index in [0.29, 0.717) is 16.8 Å². The molecule has 0 unspecified atom stereocenters. The molecule has 0 aromatic heterocycles. The minimum absolute atomic E-state index is 0.0943. The van der Waals surface area contributed by atoms with E-state index in [4.69, 9.17) is 0 Å². The first-order valence-corrected chi connectivity index (χ1v) is 7.47. The summed E-state index contributed by atoms with van der Waals surface area (Å²) in [6.45, 7) is 3.43. The van der Waals surface area contributed by atoms with Gasteiger partial charge in [0.2, 0.25) is 5.91 Å². The number of hydrogen-bond acceptors (Lipinski definition) is 2. The van der Waals surface area contributed by atoms with Gasteiger partial charge in [0.15, 0.2) is 5.78 Å². The van der Waals surface area contributed by atoms with Crippen molar-refractivity contribution in [3.63, 3.8) is 0 Å². The average molecular weight is 303 g/mol. The van der Waals surface area contributed by atoms with Crippen LogP contribution < -0.4 is 5.32 Å². The molecule has 23 heavy (non-hydrogen) atoms. The Balaban J connectivity index is 2.09. The minimum Gasteiger partial charge on any atom is -0.326 e. The third-order valence-electron chi connectivity index (χ3n) is 3.81. The van der Waals surface area contributed by atoms with Crippen LogP contribution in [0.3, 0.4) is 0 Å². The summed E-state index contributed by atoms with van der Waals surface area (Å²) in [5.74, 6) is -0.289. The molecule has 3 aromatic rings. The third kappa shape index (κ3) is 2.99.